The van der Waals surface area contributed by atoms with Crippen LogP contribution in [0.15, 0.2) is 182 Å². The summed E-state index contributed by atoms with van der Waals surface area (Å²) in [5.74, 6) is 0. The fourth-order valence-electron chi connectivity index (χ4n) is 8.39. The zero-order valence-corrected chi connectivity index (χ0v) is 28.4. The molecule has 8 aromatic carbocycles. The summed E-state index contributed by atoms with van der Waals surface area (Å²) in [6.07, 6.45) is 0. The standard InChI is InChI=1S/C48H30N2S/c1-3-15-31(16-4-1)39-29-33(30-40-34-19-9-12-28-45(34)51-48(39)40)50-42-25-11-8-21-38(42)47-36(23-14-27-44(47)50)35-22-13-26-43-46(35)37-20-7-10-24-41(37)49(43)32-17-5-2-6-18-32/h1-30H. The number of nitrogens with zero attached hydrogens (tertiary/aromatic N) is 2. The molecule has 0 aliphatic carbocycles. The molecule has 11 aromatic rings. The molecule has 11 rings (SSSR count). The molecule has 0 bridgehead atoms. The predicted octanol–water partition coefficient (Wildman–Crippen LogP) is 13.6. The van der Waals surface area contributed by atoms with E-state index in [1.165, 1.54) is 97.4 Å². The molecule has 238 valence electrons. The molecule has 51 heavy (non-hydrogen) atoms. The van der Waals surface area contributed by atoms with Gasteiger partial charge in [-0.15, -0.1) is 11.3 Å². The number of benzene rings is 8. The molecule has 0 amide bonds. The second-order valence-electron chi connectivity index (χ2n) is 13.3. The molecule has 0 unspecified atom stereocenters. The Balaban J connectivity index is 1.24. The molecule has 3 heterocycles. The third-order valence-electron chi connectivity index (χ3n) is 10.5. The average Bonchev–Trinajstić information content (AvgIpc) is 3.86. The van der Waals surface area contributed by atoms with E-state index >= 15 is 0 Å². The van der Waals surface area contributed by atoms with E-state index in [-0.39, 0.29) is 0 Å². The Morgan fingerprint density at radius 2 is 0.843 bits per heavy atom. The van der Waals surface area contributed by atoms with Crippen molar-refractivity contribution in [1.82, 2.24) is 9.13 Å². The summed E-state index contributed by atoms with van der Waals surface area (Å²) < 4.78 is 7.53. The van der Waals surface area contributed by atoms with Crippen molar-refractivity contribution < 1.29 is 0 Å². The molecule has 0 radical (unpaired) electrons. The van der Waals surface area contributed by atoms with Gasteiger partial charge in [0.05, 0.1) is 22.1 Å². The van der Waals surface area contributed by atoms with E-state index in [2.05, 4.69) is 191 Å². The Morgan fingerprint density at radius 3 is 1.49 bits per heavy atom. The van der Waals surface area contributed by atoms with E-state index in [0.717, 1.165) is 0 Å². The Labute approximate surface area is 298 Å². The van der Waals surface area contributed by atoms with Gasteiger partial charge in [0.1, 0.15) is 0 Å². The van der Waals surface area contributed by atoms with Gasteiger partial charge < -0.3 is 9.13 Å². The first-order valence-electron chi connectivity index (χ1n) is 17.4. The lowest BCUT2D eigenvalue weighted by atomic mass is 9.95. The molecule has 2 nitrogen and oxygen atoms in total. The lowest BCUT2D eigenvalue weighted by Gasteiger charge is -2.13. The zero-order valence-electron chi connectivity index (χ0n) is 27.6. The SMILES string of the molecule is c1ccc(-c2cc(-n3c4ccccc4c4c(-c5cccc6c5c5ccccc5n6-c5ccccc5)cccc43)cc3c2sc2ccccc23)cc1. The van der Waals surface area contributed by atoms with Crippen LogP contribution in [-0.2, 0) is 0 Å². The van der Waals surface area contributed by atoms with Crippen molar-refractivity contribution in [2.75, 3.05) is 0 Å². The maximum Gasteiger partial charge on any atom is 0.0547 e. The number of hydrogen-bond donors (Lipinski definition) is 0. The van der Waals surface area contributed by atoms with Gasteiger partial charge in [-0.05, 0) is 71.3 Å². The number of rotatable bonds is 4. The molecule has 0 saturated heterocycles. The van der Waals surface area contributed by atoms with Gasteiger partial charge in [-0.2, -0.15) is 0 Å². The predicted molar refractivity (Wildman–Crippen MR) is 219 cm³/mol. The van der Waals surface area contributed by atoms with Crippen LogP contribution >= 0.6 is 11.3 Å². The molecular weight excluding hydrogens is 637 g/mol. The van der Waals surface area contributed by atoms with Crippen LogP contribution in [0.25, 0.3) is 97.4 Å². The third kappa shape index (κ3) is 4.16. The van der Waals surface area contributed by atoms with Crippen LogP contribution in [0.1, 0.15) is 0 Å². The van der Waals surface area contributed by atoms with Crippen LogP contribution in [0.2, 0.25) is 0 Å². The van der Waals surface area contributed by atoms with Gasteiger partial charge in [0.15, 0.2) is 0 Å². The maximum absolute atomic E-state index is 2.49. The molecule has 0 spiro atoms. The van der Waals surface area contributed by atoms with Gasteiger partial charge in [-0.25, -0.2) is 0 Å². The highest BCUT2D eigenvalue weighted by Gasteiger charge is 2.22. The van der Waals surface area contributed by atoms with Crippen LogP contribution < -0.4 is 0 Å². The lowest BCUT2D eigenvalue weighted by molar-refractivity contribution is 1.18. The summed E-state index contributed by atoms with van der Waals surface area (Å²) in [7, 11) is 0. The highest BCUT2D eigenvalue weighted by atomic mass is 32.1. The van der Waals surface area contributed by atoms with E-state index < -0.39 is 0 Å². The lowest BCUT2D eigenvalue weighted by Crippen LogP contribution is -1.95. The first kappa shape index (κ1) is 28.4. The number of thiophene rings is 1. The Morgan fingerprint density at radius 1 is 0.333 bits per heavy atom. The highest BCUT2D eigenvalue weighted by molar-refractivity contribution is 7.26. The average molecular weight is 667 g/mol. The summed E-state index contributed by atoms with van der Waals surface area (Å²) in [4.78, 5) is 0. The first-order valence-corrected chi connectivity index (χ1v) is 18.3. The molecule has 0 saturated carbocycles. The van der Waals surface area contributed by atoms with Crippen LogP contribution in [-0.4, -0.2) is 9.13 Å². The molecule has 3 aromatic heterocycles. The molecule has 0 aliphatic heterocycles. The minimum absolute atomic E-state index is 1.17. The van der Waals surface area contributed by atoms with Crippen LogP contribution in [0.3, 0.4) is 0 Å². The highest BCUT2D eigenvalue weighted by Crippen LogP contribution is 2.46. The van der Waals surface area contributed by atoms with Gasteiger partial charge in [-0.3, -0.25) is 0 Å². The fourth-order valence-corrected chi connectivity index (χ4v) is 9.61. The fraction of sp³-hybridized carbons (Fsp3) is 0. The first-order chi connectivity index (χ1) is 25.3. The molecule has 0 aliphatic rings. The van der Waals surface area contributed by atoms with E-state index in [9.17, 15) is 0 Å². The van der Waals surface area contributed by atoms with Crippen molar-refractivity contribution in [3.05, 3.63) is 182 Å². The maximum atomic E-state index is 2.49. The van der Waals surface area contributed by atoms with Crippen molar-refractivity contribution in [2.24, 2.45) is 0 Å². The molecule has 0 fully saturated rings. The summed E-state index contributed by atoms with van der Waals surface area (Å²) in [5.41, 5.74) is 12.2. The Kier molecular flexibility index (Phi) is 6.16. The smallest absolute Gasteiger partial charge is 0.0547 e. The van der Waals surface area contributed by atoms with E-state index in [1.807, 2.05) is 11.3 Å². The summed E-state index contributed by atoms with van der Waals surface area (Å²) in [6, 6.07) is 66.6. The van der Waals surface area contributed by atoms with Crippen LogP contribution in [0.4, 0.5) is 0 Å². The number of para-hydroxylation sites is 3. The third-order valence-corrected chi connectivity index (χ3v) is 11.7. The molecule has 0 atom stereocenters. The monoisotopic (exact) mass is 666 g/mol. The Hall–Kier alpha value is -6.42. The van der Waals surface area contributed by atoms with E-state index in [4.69, 9.17) is 0 Å². The van der Waals surface area contributed by atoms with Crippen molar-refractivity contribution in [3.8, 4) is 33.6 Å². The van der Waals surface area contributed by atoms with E-state index in [0.29, 0.717) is 0 Å². The Bertz CT molecular complexity index is 3130. The summed E-state index contributed by atoms with van der Waals surface area (Å²) >= 11 is 1.89. The summed E-state index contributed by atoms with van der Waals surface area (Å²) in [5, 5.41) is 7.66. The van der Waals surface area contributed by atoms with Crippen molar-refractivity contribution in [2.45, 2.75) is 0 Å². The van der Waals surface area contributed by atoms with Crippen molar-refractivity contribution in [3.63, 3.8) is 0 Å². The van der Waals surface area contributed by atoms with E-state index in [1.54, 1.807) is 0 Å². The second-order valence-corrected chi connectivity index (χ2v) is 14.3. The largest absolute Gasteiger partial charge is 0.309 e. The summed E-state index contributed by atoms with van der Waals surface area (Å²) in [6.45, 7) is 0. The van der Waals surface area contributed by atoms with Crippen LogP contribution in [0.5, 0.6) is 0 Å². The molecule has 3 heteroatoms. The van der Waals surface area contributed by atoms with Gasteiger partial charge in [0, 0.05) is 58.7 Å². The minimum atomic E-state index is 1.17. The van der Waals surface area contributed by atoms with Crippen molar-refractivity contribution in [1.29, 1.82) is 0 Å². The van der Waals surface area contributed by atoms with Gasteiger partial charge in [0.2, 0.25) is 0 Å². The normalized spacial score (nSPS) is 11.9. The quantitative estimate of drug-likeness (QED) is 0.177. The number of hydrogen-bond acceptors (Lipinski definition) is 1. The van der Waals surface area contributed by atoms with Gasteiger partial charge in [0.25, 0.3) is 0 Å². The van der Waals surface area contributed by atoms with Gasteiger partial charge >= 0.3 is 0 Å². The zero-order chi connectivity index (χ0) is 33.5. The number of aromatic nitrogens is 2. The minimum Gasteiger partial charge on any atom is -0.309 e. The topological polar surface area (TPSA) is 9.86 Å². The molecule has 0 N–H and O–H groups in total. The molecular formula is C48H30N2S. The van der Waals surface area contributed by atoms with Gasteiger partial charge in [-0.1, -0.05) is 127 Å². The second kappa shape index (κ2) is 11.0. The number of fused-ring (bicyclic) bond motifs is 9. The van der Waals surface area contributed by atoms with Crippen molar-refractivity contribution >= 4 is 75.1 Å². The van der Waals surface area contributed by atoms with Crippen LogP contribution in [0, 0.1) is 0 Å².